The molecule has 0 aromatic carbocycles. The third-order valence-electron chi connectivity index (χ3n) is 2.01. The lowest BCUT2D eigenvalue weighted by atomic mass is 10.2. The number of aliphatic carboxylic acids is 1. The smallest absolute Gasteiger partial charge is 0.308 e. The van der Waals surface area contributed by atoms with Crippen molar-refractivity contribution in [1.29, 1.82) is 0 Å². The van der Waals surface area contributed by atoms with E-state index in [4.69, 9.17) is 16.7 Å². The number of aromatic nitrogens is 1. The van der Waals surface area contributed by atoms with E-state index in [9.17, 15) is 9.59 Å². The number of nitrogens with one attached hydrogen (secondary N) is 1. The van der Waals surface area contributed by atoms with Crippen LogP contribution in [0.5, 0.6) is 0 Å². The molecule has 16 heavy (non-hydrogen) atoms. The molecule has 0 saturated heterocycles. The van der Waals surface area contributed by atoms with E-state index in [0.29, 0.717) is 0 Å². The first-order chi connectivity index (χ1) is 7.52. The summed E-state index contributed by atoms with van der Waals surface area (Å²) in [5.74, 6) is -1.99. The lowest BCUT2D eigenvalue weighted by Gasteiger charge is -2.08. The van der Waals surface area contributed by atoms with Crippen molar-refractivity contribution in [2.45, 2.75) is 6.92 Å². The van der Waals surface area contributed by atoms with Crippen molar-refractivity contribution >= 4 is 23.5 Å². The van der Waals surface area contributed by atoms with Crippen molar-refractivity contribution in [3.8, 4) is 0 Å². The van der Waals surface area contributed by atoms with Gasteiger partial charge in [0.05, 0.1) is 16.5 Å². The van der Waals surface area contributed by atoms with Gasteiger partial charge in [-0.15, -0.1) is 0 Å². The van der Waals surface area contributed by atoms with Crippen molar-refractivity contribution in [3.63, 3.8) is 0 Å². The lowest BCUT2D eigenvalue weighted by molar-refractivity contribution is -0.140. The molecule has 0 saturated carbocycles. The van der Waals surface area contributed by atoms with Gasteiger partial charge >= 0.3 is 5.97 Å². The van der Waals surface area contributed by atoms with E-state index in [0.717, 1.165) is 0 Å². The Bertz CT molecular complexity index is 409. The molecule has 1 rings (SSSR count). The van der Waals surface area contributed by atoms with E-state index in [1.165, 1.54) is 25.4 Å². The fraction of sp³-hybridized carbons (Fsp3) is 0.300. The molecule has 1 unspecified atom stereocenters. The highest BCUT2D eigenvalue weighted by Gasteiger charge is 2.14. The van der Waals surface area contributed by atoms with Gasteiger partial charge in [-0.3, -0.25) is 14.6 Å². The summed E-state index contributed by atoms with van der Waals surface area (Å²) in [5, 5.41) is 11.4. The molecule has 5 nitrogen and oxygen atoms in total. The van der Waals surface area contributed by atoms with E-state index in [2.05, 4.69) is 10.3 Å². The zero-order valence-electron chi connectivity index (χ0n) is 8.61. The molecule has 0 bridgehead atoms. The fourth-order valence-electron chi connectivity index (χ4n) is 0.988. The van der Waals surface area contributed by atoms with Crippen molar-refractivity contribution in [2.24, 2.45) is 5.92 Å². The molecule has 1 heterocycles. The van der Waals surface area contributed by atoms with Gasteiger partial charge < -0.3 is 10.4 Å². The highest BCUT2D eigenvalue weighted by molar-refractivity contribution is 6.33. The molecule has 1 amide bonds. The van der Waals surface area contributed by atoms with Gasteiger partial charge in [0.2, 0.25) is 0 Å². The minimum absolute atomic E-state index is 0.0623. The third-order valence-corrected chi connectivity index (χ3v) is 2.31. The highest BCUT2D eigenvalue weighted by atomic mass is 35.5. The largest absolute Gasteiger partial charge is 0.481 e. The van der Waals surface area contributed by atoms with Crippen molar-refractivity contribution in [1.82, 2.24) is 10.3 Å². The summed E-state index contributed by atoms with van der Waals surface area (Å²) in [6, 6.07) is 1.48. The number of hydrogen-bond acceptors (Lipinski definition) is 3. The summed E-state index contributed by atoms with van der Waals surface area (Å²) in [6.45, 7) is 1.57. The molecular formula is C10H11ClN2O3. The van der Waals surface area contributed by atoms with E-state index in [-0.39, 0.29) is 17.1 Å². The number of nitrogens with zero attached hydrogens (tertiary/aromatic N) is 1. The monoisotopic (exact) mass is 242 g/mol. The summed E-state index contributed by atoms with van der Waals surface area (Å²) in [5.41, 5.74) is 0.286. The predicted octanol–water partition coefficient (Wildman–Crippen LogP) is 1.19. The standard InChI is InChI=1S/C10H11ClN2O3/c1-6(10(15)16)4-13-9(14)7-2-3-12-5-8(7)11/h2-3,5-6H,4H2,1H3,(H,13,14)(H,15,16). The number of carboxylic acids is 1. The highest BCUT2D eigenvalue weighted by Crippen LogP contribution is 2.12. The number of carbonyl (C=O) groups excluding carboxylic acids is 1. The van der Waals surface area contributed by atoms with Gasteiger partial charge in [-0.05, 0) is 6.07 Å². The second-order valence-corrected chi connectivity index (χ2v) is 3.71. The molecule has 0 aliphatic heterocycles. The normalized spacial score (nSPS) is 11.9. The maximum absolute atomic E-state index is 11.6. The Morgan fingerprint density at radius 1 is 1.62 bits per heavy atom. The first-order valence-electron chi connectivity index (χ1n) is 4.63. The van der Waals surface area contributed by atoms with Crippen LogP contribution in [-0.2, 0) is 4.79 Å². The van der Waals surface area contributed by atoms with E-state index in [1.807, 2.05) is 0 Å². The number of carboxylic acid groups (broad SMARTS) is 1. The predicted molar refractivity (Wildman–Crippen MR) is 58.4 cm³/mol. The number of hydrogen-bond donors (Lipinski definition) is 2. The van der Waals surface area contributed by atoms with Crippen molar-refractivity contribution in [2.75, 3.05) is 6.54 Å². The third kappa shape index (κ3) is 3.20. The number of pyridine rings is 1. The maximum atomic E-state index is 11.6. The minimum atomic E-state index is -0.957. The van der Waals surface area contributed by atoms with Crippen molar-refractivity contribution < 1.29 is 14.7 Å². The van der Waals surface area contributed by atoms with Crippen LogP contribution in [0, 0.1) is 5.92 Å². The summed E-state index contributed by atoms with van der Waals surface area (Å²) in [7, 11) is 0. The molecule has 1 aromatic heterocycles. The van der Waals surface area contributed by atoms with Gasteiger partial charge in [-0.2, -0.15) is 0 Å². The number of rotatable bonds is 4. The molecule has 1 atom stereocenters. The van der Waals surface area contributed by atoms with Gasteiger partial charge in [-0.1, -0.05) is 18.5 Å². The average Bonchev–Trinajstić information content (AvgIpc) is 2.25. The van der Waals surface area contributed by atoms with Gasteiger partial charge in [0.15, 0.2) is 0 Å². The van der Waals surface area contributed by atoms with Gasteiger partial charge in [0.25, 0.3) is 5.91 Å². The van der Waals surface area contributed by atoms with Crippen LogP contribution < -0.4 is 5.32 Å². The molecule has 0 fully saturated rings. The van der Waals surface area contributed by atoms with E-state index in [1.54, 1.807) is 0 Å². The Balaban J connectivity index is 2.60. The fourth-order valence-corrected chi connectivity index (χ4v) is 1.19. The Morgan fingerprint density at radius 2 is 2.31 bits per heavy atom. The summed E-state index contributed by atoms with van der Waals surface area (Å²) < 4.78 is 0. The first-order valence-corrected chi connectivity index (χ1v) is 5.00. The zero-order valence-corrected chi connectivity index (χ0v) is 9.36. The van der Waals surface area contributed by atoms with Crippen LogP contribution in [0.3, 0.4) is 0 Å². The van der Waals surface area contributed by atoms with E-state index < -0.39 is 17.8 Å². The molecule has 0 aliphatic rings. The quantitative estimate of drug-likeness (QED) is 0.831. The minimum Gasteiger partial charge on any atom is -0.481 e. The molecule has 0 spiro atoms. The molecular weight excluding hydrogens is 232 g/mol. The van der Waals surface area contributed by atoms with Gasteiger partial charge in [-0.25, -0.2) is 0 Å². The van der Waals surface area contributed by atoms with Crippen molar-refractivity contribution in [3.05, 3.63) is 29.0 Å². The van der Waals surface area contributed by atoms with Gasteiger partial charge in [0.1, 0.15) is 0 Å². The number of halogens is 1. The number of amides is 1. The molecule has 0 radical (unpaired) electrons. The van der Waals surface area contributed by atoms with Crippen LogP contribution in [0.4, 0.5) is 0 Å². The topological polar surface area (TPSA) is 79.3 Å². The Morgan fingerprint density at radius 3 is 2.88 bits per heavy atom. The Hall–Kier alpha value is -1.62. The van der Waals surface area contributed by atoms with Crippen LogP contribution in [0.15, 0.2) is 18.5 Å². The van der Waals surface area contributed by atoms with Gasteiger partial charge in [0, 0.05) is 18.9 Å². The molecule has 86 valence electrons. The second-order valence-electron chi connectivity index (χ2n) is 3.30. The summed E-state index contributed by atoms with van der Waals surface area (Å²) >= 11 is 5.76. The molecule has 6 heteroatoms. The van der Waals surface area contributed by atoms with Crippen LogP contribution in [0.1, 0.15) is 17.3 Å². The average molecular weight is 243 g/mol. The number of carbonyl (C=O) groups is 2. The molecule has 1 aromatic rings. The van der Waals surface area contributed by atoms with Crippen LogP contribution in [-0.4, -0.2) is 28.5 Å². The Labute approximate surface area is 97.4 Å². The summed E-state index contributed by atoms with van der Waals surface area (Å²) in [4.78, 5) is 25.8. The van der Waals surface area contributed by atoms with E-state index >= 15 is 0 Å². The van der Waals surface area contributed by atoms with Crippen LogP contribution >= 0.6 is 11.6 Å². The SMILES string of the molecule is CC(CNC(=O)c1ccncc1Cl)C(=O)O. The maximum Gasteiger partial charge on any atom is 0.308 e. The molecule has 2 N–H and O–H groups in total. The lowest BCUT2D eigenvalue weighted by Crippen LogP contribution is -2.31. The summed E-state index contributed by atoms with van der Waals surface area (Å²) in [6.07, 6.45) is 2.80. The second kappa shape index (κ2) is 5.46. The zero-order chi connectivity index (χ0) is 12.1. The van der Waals surface area contributed by atoms with Crippen LogP contribution in [0.25, 0.3) is 0 Å². The molecule has 0 aliphatic carbocycles. The van der Waals surface area contributed by atoms with Crippen LogP contribution in [0.2, 0.25) is 5.02 Å². The Kier molecular flexibility index (Phi) is 4.25. The first kappa shape index (κ1) is 12.4.